The van der Waals surface area contributed by atoms with Gasteiger partial charge in [-0.15, -0.1) is 0 Å². The smallest absolute Gasteiger partial charge is 0.136 e. The Kier molecular flexibility index (Phi) is 3.55. The Morgan fingerprint density at radius 3 is 2.48 bits per heavy atom. The zero-order valence-electron chi connectivity index (χ0n) is 15.3. The lowest BCUT2D eigenvalue weighted by Gasteiger charge is -2.62. The molecule has 130 valence electrons. The first-order valence-corrected chi connectivity index (χ1v) is 9.98. The number of rotatable bonds is 0. The SMILES string of the molecule is C[C@@H]1C[C@@]2(C)[C@@H](CC1=O)C[C@H](C)[C@@H]1[C@@H]2CC[C@]2(C)[C@@H](O)CC[C@@H]12. The highest BCUT2D eigenvalue weighted by Crippen LogP contribution is 2.67. The molecule has 0 amide bonds. The van der Waals surface area contributed by atoms with Gasteiger partial charge in [-0.3, -0.25) is 4.79 Å². The van der Waals surface area contributed by atoms with Crippen LogP contribution in [-0.4, -0.2) is 17.0 Å². The fraction of sp³-hybridized carbons (Fsp3) is 0.952. The number of carbonyl (C=O) groups is 1. The average Bonchev–Trinajstić information content (AvgIpc) is 2.78. The van der Waals surface area contributed by atoms with Gasteiger partial charge in [0.15, 0.2) is 0 Å². The maximum absolute atomic E-state index is 12.3. The Morgan fingerprint density at radius 1 is 1.04 bits per heavy atom. The molecule has 4 fully saturated rings. The van der Waals surface area contributed by atoms with Crippen molar-refractivity contribution >= 4 is 5.78 Å². The zero-order chi connectivity index (χ0) is 16.6. The molecule has 2 nitrogen and oxygen atoms in total. The molecule has 0 heterocycles. The van der Waals surface area contributed by atoms with E-state index >= 15 is 0 Å². The summed E-state index contributed by atoms with van der Waals surface area (Å²) in [6, 6.07) is 0. The molecule has 0 aliphatic heterocycles. The average molecular weight is 319 g/mol. The summed E-state index contributed by atoms with van der Waals surface area (Å²) in [5, 5.41) is 10.6. The van der Waals surface area contributed by atoms with Crippen LogP contribution in [0.25, 0.3) is 0 Å². The lowest BCUT2D eigenvalue weighted by molar-refractivity contribution is -0.159. The molecular weight excluding hydrogens is 284 g/mol. The molecule has 23 heavy (non-hydrogen) atoms. The normalized spacial score (nSPS) is 59.2. The molecular formula is C21H34O2. The maximum Gasteiger partial charge on any atom is 0.136 e. The number of fused-ring (bicyclic) bond motifs is 5. The summed E-state index contributed by atoms with van der Waals surface area (Å²) in [6.07, 6.45) is 7.78. The van der Waals surface area contributed by atoms with Crippen LogP contribution in [0, 0.1) is 46.3 Å². The number of hydrogen-bond donors (Lipinski definition) is 1. The van der Waals surface area contributed by atoms with Gasteiger partial charge >= 0.3 is 0 Å². The van der Waals surface area contributed by atoms with E-state index in [1.807, 2.05) is 0 Å². The van der Waals surface area contributed by atoms with Crippen molar-refractivity contribution in [3.63, 3.8) is 0 Å². The molecule has 0 aromatic carbocycles. The number of Topliss-reactive ketones (excluding diaryl/α,β-unsaturated/α-hetero) is 1. The van der Waals surface area contributed by atoms with Crippen LogP contribution in [0.5, 0.6) is 0 Å². The predicted octanol–water partition coefficient (Wildman–Crippen LogP) is 4.45. The number of aliphatic hydroxyl groups excluding tert-OH is 1. The highest BCUT2D eigenvalue weighted by Gasteiger charge is 2.62. The van der Waals surface area contributed by atoms with Gasteiger partial charge in [-0.05, 0) is 78.9 Å². The van der Waals surface area contributed by atoms with Crippen LogP contribution in [0.2, 0.25) is 0 Å². The molecule has 0 bridgehead atoms. The van der Waals surface area contributed by atoms with E-state index in [0.717, 1.165) is 31.1 Å². The van der Waals surface area contributed by atoms with Gasteiger partial charge in [0.05, 0.1) is 6.10 Å². The number of aliphatic hydroxyl groups is 1. The van der Waals surface area contributed by atoms with Crippen molar-refractivity contribution in [1.29, 1.82) is 0 Å². The van der Waals surface area contributed by atoms with Crippen molar-refractivity contribution in [2.45, 2.75) is 78.7 Å². The minimum Gasteiger partial charge on any atom is -0.393 e. The summed E-state index contributed by atoms with van der Waals surface area (Å²) in [5.74, 6) is 4.34. The number of carbonyl (C=O) groups excluding carboxylic acids is 1. The summed E-state index contributed by atoms with van der Waals surface area (Å²) in [6.45, 7) is 9.47. The summed E-state index contributed by atoms with van der Waals surface area (Å²) in [5.41, 5.74) is 0.522. The first-order chi connectivity index (χ1) is 10.8. The summed E-state index contributed by atoms with van der Waals surface area (Å²) < 4.78 is 0. The lowest BCUT2D eigenvalue weighted by Crippen LogP contribution is -2.57. The van der Waals surface area contributed by atoms with Crippen LogP contribution in [0.4, 0.5) is 0 Å². The van der Waals surface area contributed by atoms with E-state index in [0.29, 0.717) is 29.0 Å². The fourth-order valence-electron chi connectivity index (χ4n) is 7.76. The Hall–Kier alpha value is -0.370. The number of ketones is 1. The van der Waals surface area contributed by atoms with Crippen LogP contribution in [0.15, 0.2) is 0 Å². The highest BCUT2D eigenvalue weighted by atomic mass is 16.3. The molecule has 0 radical (unpaired) electrons. The Bertz CT molecular complexity index is 514. The van der Waals surface area contributed by atoms with Crippen molar-refractivity contribution in [2.75, 3.05) is 0 Å². The third-order valence-electron chi connectivity index (χ3n) is 9.12. The van der Waals surface area contributed by atoms with Crippen molar-refractivity contribution < 1.29 is 9.90 Å². The standard InChI is InChI=1S/C21H34O2/c1-12-9-14-10-17(22)13(2)11-21(14,4)16-7-8-20(3)15(19(12)16)5-6-18(20)23/h12-16,18-19,23H,5-11H2,1-4H3/t12-,13+,14+,15-,16-,18-,19-,20-,21-/m0/s1. The minimum absolute atomic E-state index is 0.0852. The second-order valence-electron chi connectivity index (χ2n) is 10.1. The van der Waals surface area contributed by atoms with Crippen LogP contribution in [0.1, 0.15) is 72.6 Å². The van der Waals surface area contributed by atoms with E-state index < -0.39 is 0 Å². The summed E-state index contributed by atoms with van der Waals surface area (Å²) in [7, 11) is 0. The highest BCUT2D eigenvalue weighted by molar-refractivity contribution is 5.82. The second-order valence-corrected chi connectivity index (χ2v) is 10.1. The Morgan fingerprint density at radius 2 is 1.74 bits per heavy atom. The molecule has 0 spiro atoms. The van der Waals surface area contributed by atoms with Gasteiger partial charge in [-0.1, -0.05) is 27.7 Å². The monoisotopic (exact) mass is 318 g/mol. The van der Waals surface area contributed by atoms with Gasteiger partial charge in [0, 0.05) is 12.3 Å². The second kappa shape index (κ2) is 5.07. The van der Waals surface area contributed by atoms with E-state index in [2.05, 4.69) is 27.7 Å². The van der Waals surface area contributed by atoms with Crippen molar-refractivity contribution in [3.8, 4) is 0 Å². The molecule has 1 N–H and O–H groups in total. The maximum atomic E-state index is 12.3. The molecule has 4 saturated carbocycles. The summed E-state index contributed by atoms with van der Waals surface area (Å²) in [4.78, 5) is 12.3. The molecule has 9 atom stereocenters. The predicted molar refractivity (Wildman–Crippen MR) is 91.8 cm³/mol. The topological polar surface area (TPSA) is 37.3 Å². The fourth-order valence-corrected chi connectivity index (χ4v) is 7.76. The molecule has 0 aromatic heterocycles. The number of hydrogen-bond acceptors (Lipinski definition) is 2. The third kappa shape index (κ3) is 2.06. The molecule has 4 aliphatic carbocycles. The van der Waals surface area contributed by atoms with Crippen molar-refractivity contribution in [3.05, 3.63) is 0 Å². The summed E-state index contributed by atoms with van der Waals surface area (Å²) >= 11 is 0. The van der Waals surface area contributed by atoms with Gasteiger partial charge < -0.3 is 5.11 Å². The van der Waals surface area contributed by atoms with Gasteiger partial charge in [-0.25, -0.2) is 0 Å². The van der Waals surface area contributed by atoms with Crippen LogP contribution < -0.4 is 0 Å². The zero-order valence-corrected chi connectivity index (χ0v) is 15.3. The van der Waals surface area contributed by atoms with Gasteiger partial charge in [0.1, 0.15) is 5.78 Å². The van der Waals surface area contributed by atoms with Crippen molar-refractivity contribution in [1.82, 2.24) is 0 Å². The minimum atomic E-state index is -0.0852. The molecule has 0 saturated heterocycles. The largest absolute Gasteiger partial charge is 0.393 e. The van der Waals surface area contributed by atoms with E-state index in [1.165, 1.54) is 25.7 Å². The van der Waals surface area contributed by atoms with Crippen LogP contribution in [0.3, 0.4) is 0 Å². The third-order valence-corrected chi connectivity index (χ3v) is 9.12. The molecule has 2 heteroatoms. The van der Waals surface area contributed by atoms with E-state index in [1.54, 1.807) is 0 Å². The first-order valence-electron chi connectivity index (χ1n) is 9.98. The van der Waals surface area contributed by atoms with Gasteiger partial charge in [-0.2, -0.15) is 0 Å². The van der Waals surface area contributed by atoms with Crippen LogP contribution in [-0.2, 0) is 4.79 Å². The molecule has 0 unspecified atom stereocenters. The lowest BCUT2D eigenvalue weighted by atomic mass is 9.42. The Balaban J connectivity index is 1.69. The molecule has 4 rings (SSSR count). The first kappa shape index (κ1) is 16.1. The Labute approximate surface area is 141 Å². The molecule has 0 aromatic rings. The van der Waals surface area contributed by atoms with E-state index in [4.69, 9.17) is 0 Å². The van der Waals surface area contributed by atoms with Crippen LogP contribution >= 0.6 is 0 Å². The van der Waals surface area contributed by atoms with E-state index in [-0.39, 0.29) is 17.4 Å². The quantitative estimate of drug-likeness (QED) is 0.716. The van der Waals surface area contributed by atoms with Crippen molar-refractivity contribution in [2.24, 2.45) is 46.3 Å². The van der Waals surface area contributed by atoms with E-state index in [9.17, 15) is 9.90 Å². The molecule has 4 aliphatic rings. The van der Waals surface area contributed by atoms with Gasteiger partial charge in [0.25, 0.3) is 0 Å². The van der Waals surface area contributed by atoms with Gasteiger partial charge in [0.2, 0.25) is 0 Å².